The number of nitrogens with zero attached hydrogens (tertiary/aromatic N) is 4. The van der Waals surface area contributed by atoms with E-state index in [2.05, 4.69) is 64.6 Å². The minimum atomic E-state index is -0.802. The third-order valence-corrected chi connectivity index (χ3v) is 11.2. The van der Waals surface area contributed by atoms with E-state index < -0.39 is 27.6 Å². The lowest BCUT2D eigenvalue weighted by atomic mass is 9.42. The lowest BCUT2D eigenvalue weighted by molar-refractivity contribution is -0.131. The van der Waals surface area contributed by atoms with E-state index in [1.54, 1.807) is 13.0 Å². The molecule has 0 bridgehead atoms. The van der Waals surface area contributed by atoms with Gasteiger partial charge in [0.05, 0.1) is 5.57 Å². The van der Waals surface area contributed by atoms with Gasteiger partial charge in [-0.1, -0.05) is 87.3 Å². The van der Waals surface area contributed by atoms with Crippen LogP contribution in [0.1, 0.15) is 128 Å². The van der Waals surface area contributed by atoms with Crippen LogP contribution >= 0.6 is 0 Å². The molecule has 7 heteroatoms. The van der Waals surface area contributed by atoms with Crippen molar-refractivity contribution in [3.8, 4) is 6.07 Å². The SMILES string of the molecule is CCCC(C)(C)CC[C@@](C)(CCC(C)(C)[C@]1(C)CC[C@H]2C(C)(C)C(=O)C(C#N)=C[C@]2(C)/C1=C/C(C)=O)C(=O)N=[N+]=[N-]. The van der Waals surface area contributed by atoms with Crippen molar-refractivity contribution in [2.24, 2.45) is 43.5 Å². The summed E-state index contributed by atoms with van der Waals surface area (Å²) in [5, 5.41) is 13.4. The second-order valence-corrected chi connectivity index (χ2v) is 15.4. The summed E-state index contributed by atoms with van der Waals surface area (Å²) in [6.07, 6.45) is 9.93. The van der Waals surface area contributed by atoms with Gasteiger partial charge >= 0.3 is 0 Å². The number of hydrogen-bond acceptors (Lipinski definition) is 4. The van der Waals surface area contributed by atoms with Crippen LogP contribution in [0.25, 0.3) is 10.4 Å². The Balaban J connectivity index is 2.58. The van der Waals surface area contributed by atoms with Gasteiger partial charge in [-0.25, -0.2) is 0 Å². The molecule has 0 heterocycles. The molecule has 0 aromatic rings. The van der Waals surface area contributed by atoms with E-state index in [1.807, 2.05) is 26.8 Å². The summed E-state index contributed by atoms with van der Waals surface area (Å²) in [4.78, 5) is 42.0. The van der Waals surface area contributed by atoms with E-state index in [-0.39, 0.29) is 33.9 Å². The average molecular weight is 565 g/mol. The van der Waals surface area contributed by atoms with Crippen LogP contribution in [0, 0.1) is 49.7 Å². The minimum absolute atomic E-state index is 0.0494. The number of carbonyl (C=O) groups is 3. The van der Waals surface area contributed by atoms with Gasteiger partial charge in [0.25, 0.3) is 0 Å². The standard InChI is InChI=1S/C34H52N4O3/c1-12-14-29(3,4)16-18-32(9,28(41)37-38-36)19-17-30(5,6)34(11)15-13-25-31(7,8)27(40)24(22-35)21-33(25,10)26(34)20-23(2)39/h20-21,25H,12-19H2,1-11H3/b26-20-/t25-,32-,33-,34+/m0/s1. The van der Waals surface area contributed by atoms with Crippen LogP contribution < -0.4 is 0 Å². The molecule has 7 nitrogen and oxygen atoms in total. The molecule has 2 rings (SSSR count). The summed E-state index contributed by atoms with van der Waals surface area (Å²) in [6.45, 7) is 22.6. The molecule has 1 amide bonds. The maximum absolute atomic E-state index is 13.2. The van der Waals surface area contributed by atoms with Crippen molar-refractivity contribution in [1.82, 2.24) is 0 Å². The zero-order chi connectivity index (χ0) is 31.7. The number of ketones is 2. The molecule has 2 aliphatic rings. The predicted molar refractivity (Wildman–Crippen MR) is 163 cm³/mol. The quantitative estimate of drug-likeness (QED) is 0.107. The monoisotopic (exact) mass is 564 g/mol. The Hall–Kier alpha value is -2.71. The van der Waals surface area contributed by atoms with Crippen molar-refractivity contribution in [1.29, 1.82) is 5.26 Å². The number of amides is 1. The number of carbonyl (C=O) groups excluding carboxylic acids is 3. The highest BCUT2D eigenvalue weighted by Crippen LogP contribution is 2.67. The first-order chi connectivity index (χ1) is 18.7. The van der Waals surface area contributed by atoms with E-state index in [0.29, 0.717) is 19.3 Å². The van der Waals surface area contributed by atoms with E-state index in [4.69, 9.17) is 5.53 Å². The van der Waals surface area contributed by atoms with Crippen molar-refractivity contribution < 1.29 is 14.4 Å². The number of nitriles is 1. The highest BCUT2D eigenvalue weighted by atomic mass is 16.2. The lowest BCUT2D eigenvalue weighted by Crippen LogP contribution is -2.55. The Morgan fingerprint density at radius 1 is 1.10 bits per heavy atom. The Bertz CT molecular complexity index is 1230. The summed E-state index contributed by atoms with van der Waals surface area (Å²) in [5.41, 5.74) is 7.30. The van der Waals surface area contributed by atoms with Gasteiger partial charge in [-0.2, -0.15) is 5.26 Å². The predicted octanol–water partition coefficient (Wildman–Crippen LogP) is 9.24. The van der Waals surface area contributed by atoms with E-state index in [9.17, 15) is 19.6 Å². The summed E-state index contributed by atoms with van der Waals surface area (Å²) in [7, 11) is 0. The first kappa shape index (κ1) is 34.5. The van der Waals surface area contributed by atoms with Gasteiger partial charge < -0.3 is 0 Å². The maximum Gasteiger partial charge on any atom is 0.224 e. The van der Waals surface area contributed by atoms with Crippen molar-refractivity contribution in [3.05, 3.63) is 33.7 Å². The first-order valence-corrected chi connectivity index (χ1v) is 15.2. The summed E-state index contributed by atoms with van der Waals surface area (Å²) in [5.74, 6) is -0.665. The van der Waals surface area contributed by atoms with Crippen LogP contribution in [-0.2, 0) is 14.4 Å². The van der Waals surface area contributed by atoms with Crippen molar-refractivity contribution in [2.45, 2.75) is 128 Å². The first-order valence-electron chi connectivity index (χ1n) is 15.2. The molecule has 0 saturated heterocycles. The molecule has 0 spiro atoms. The van der Waals surface area contributed by atoms with Crippen LogP contribution in [-0.4, -0.2) is 17.5 Å². The van der Waals surface area contributed by atoms with Gasteiger partial charge in [0.2, 0.25) is 5.91 Å². The van der Waals surface area contributed by atoms with Gasteiger partial charge in [-0.3, -0.25) is 14.4 Å². The van der Waals surface area contributed by atoms with E-state index in [1.165, 1.54) is 0 Å². The molecule has 0 aliphatic heterocycles. The van der Waals surface area contributed by atoms with Crippen LogP contribution in [0.4, 0.5) is 0 Å². The average Bonchev–Trinajstić information content (AvgIpc) is 2.86. The Morgan fingerprint density at radius 2 is 1.68 bits per heavy atom. The largest absolute Gasteiger partial charge is 0.295 e. The molecule has 1 fully saturated rings. The number of Topliss-reactive ketones (excluding diaryl/α,β-unsaturated/α-hetero) is 1. The van der Waals surface area contributed by atoms with Crippen molar-refractivity contribution in [3.63, 3.8) is 0 Å². The number of allylic oxidation sites excluding steroid dienone is 4. The summed E-state index contributed by atoms with van der Waals surface area (Å²) >= 11 is 0. The number of azide groups is 1. The van der Waals surface area contributed by atoms with Crippen molar-refractivity contribution in [2.75, 3.05) is 0 Å². The molecule has 0 aromatic heterocycles. The van der Waals surface area contributed by atoms with Crippen LogP contribution in [0.3, 0.4) is 0 Å². The molecule has 0 aromatic carbocycles. The highest BCUT2D eigenvalue weighted by molar-refractivity contribution is 6.04. The molecule has 1 saturated carbocycles. The third kappa shape index (κ3) is 6.54. The van der Waals surface area contributed by atoms with E-state index in [0.717, 1.165) is 37.7 Å². The van der Waals surface area contributed by atoms with Crippen LogP contribution in [0.2, 0.25) is 0 Å². The lowest BCUT2D eigenvalue weighted by Gasteiger charge is -2.61. The molecule has 4 atom stereocenters. The van der Waals surface area contributed by atoms with Gasteiger partial charge in [-0.05, 0) is 90.8 Å². The molecular weight excluding hydrogens is 512 g/mol. The zero-order valence-electron chi connectivity index (χ0n) is 27.4. The van der Waals surface area contributed by atoms with Crippen LogP contribution in [0.5, 0.6) is 0 Å². The molecular formula is C34H52N4O3. The fourth-order valence-corrected chi connectivity index (χ4v) is 7.89. The number of hydrogen-bond donors (Lipinski definition) is 0. The smallest absolute Gasteiger partial charge is 0.224 e. The minimum Gasteiger partial charge on any atom is -0.295 e. The normalized spacial score (nSPS) is 28.5. The van der Waals surface area contributed by atoms with Gasteiger partial charge in [0.15, 0.2) is 11.6 Å². The summed E-state index contributed by atoms with van der Waals surface area (Å²) in [6, 6.07) is 2.13. The Morgan fingerprint density at radius 3 is 2.20 bits per heavy atom. The Kier molecular flexibility index (Phi) is 10.00. The van der Waals surface area contributed by atoms with Gasteiger partial charge in [0, 0.05) is 21.2 Å². The zero-order valence-corrected chi connectivity index (χ0v) is 27.4. The van der Waals surface area contributed by atoms with Gasteiger partial charge in [-0.15, -0.1) is 0 Å². The second-order valence-electron chi connectivity index (χ2n) is 15.4. The van der Waals surface area contributed by atoms with Crippen molar-refractivity contribution >= 4 is 17.5 Å². The summed E-state index contributed by atoms with van der Waals surface area (Å²) < 4.78 is 0. The molecule has 0 radical (unpaired) electrons. The Labute approximate surface area is 247 Å². The highest BCUT2D eigenvalue weighted by Gasteiger charge is 2.61. The van der Waals surface area contributed by atoms with Crippen LogP contribution in [0.15, 0.2) is 28.4 Å². The second kappa shape index (κ2) is 11.9. The van der Waals surface area contributed by atoms with E-state index >= 15 is 0 Å². The number of rotatable bonds is 11. The molecule has 0 unspecified atom stereocenters. The maximum atomic E-state index is 13.2. The molecule has 0 N–H and O–H groups in total. The molecule has 41 heavy (non-hydrogen) atoms. The molecule has 226 valence electrons. The number of fused-ring (bicyclic) bond motifs is 1. The molecule has 2 aliphatic carbocycles. The fraction of sp³-hybridized carbons (Fsp3) is 0.765. The fourth-order valence-electron chi connectivity index (χ4n) is 7.89. The third-order valence-electron chi connectivity index (χ3n) is 11.2. The topological polar surface area (TPSA) is 124 Å². The van der Waals surface area contributed by atoms with Gasteiger partial charge in [0.1, 0.15) is 6.07 Å².